The van der Waals surface area contributed by atoms with Gasteiger partial charge in [-0.05, 0) is 68.7 Å². The number of ether oxygens (including phenoxy) is 2. The van der Waals surface area contributed by atoms with Gasteiger partial charge in [-0.1, -0.05) is 18.2 Å². The second-order valence-electron chi connectivity index (χ2n) is 8.93. The first-order valence-electron chi connectivity index (χ1n) is 11.5. The van der Waals surface area contributed by atoms with E-state index in [1.54, 1.807) is 27.4 Å². The maximum Gasteiger partial charge on any atom is 0.258 e. The molecular weight excluding hydrogens is 404 g/mol. The summed E-state index contributed by atoms with van der Waals surface area (Å²) in [5, 5.41) is 1.86. The van der Waals surface area contributed by atoms with Crippen LogP contribution in [0.15, 0.2) is 54.3 Å². The standard InChI is InChI=1S/C26H34N2O4/c1-18-6-5-7-19(12-13-27(18)32-4)14-20-15-21-8-9-22(16-20)28(21)26(29)24-11-10-23(30-2)17-25(24)31-3/h5-7,10-13,17-18,20-22H,8-9,14-16H2,1-4H3/b6-5-,13-12-,19-7+. The van der Waals surface area contributed by atoms with Gasteiger partial charge in [0, 0.05) is 24.4 Å². The molecule has 3 aliphatic heterocycles. The van der Waals surface area contributed by atoms with Crippen LogP contribution in [0.1, 0.15) is 49.4 Å². The Hall–Kier alpha value is -2.73. The molecule has 3 atom stereocenters. The topological polar surface area (TPSA) is 51.2 Å². The minimum atomic E-state index is 0.0770. The van der Waals surface area contributed by atoms with Crippen LogP contribution in [-0.2, 0) is 4.84 Å². The summed E-state index contributed by atoms with van der Waals surface area (Å²) in [6.45, 7) is 2.10. The second kappa shape index (κ2) is 9.82. The summed E-state index contributed by atoms with van der Waals surface area (Å²) in [6.07, 6.45) is 15.9. The van der Waals surface area contributed by atoms with Gasteiger partial charge in [0.15, 0.2) is 0 Å². The number of hydrogen-bond acceptors (Lipinski definition) is 5. The SMILES string of the molecule is COc1ccc(C(=O)N2C3CCC2CC(CC2=C/C=C\C(C)N(OC)/C=C\2)C3)c(OC)c1. The third-order valence-electron chi connectivity index (χ3n) is 6.98. The number of hydroxylamine groups is 2. The first kappa shape index (κ1) is 22.5. The molecule has 0 aromatic heterocycles. The lowest BCUT2D eigenvalue weighted by Gasteiger charge is -2.39. The summed E-state index contributed by atoms with van der Waals surface area (Å²) in [5.74, 6) is 1.92. The van der Waals surface area contributed by atoms with Gasteiger partial charge in [-0.15, -0.1) is 0 Å². The van der Waals surface area contributed by atoms with Gasteiger partial charge < -0.3 is 14.4 Å². The van der Waals surface area contributed by atoms with Crippen LogP contribution in [0.2, 0.25) is 0 Å². The molecule has 172 valence electrons. The summed E-state index contributed by atoms with van der Waals surface area (Å²) in [4.78, 5) is 21.0. The molecule has 1 aromatic rings. The Morgan fingerprint density at radius 2 is 1.84 bits per heavy atom. The molecule has 0 N–H and O–H groups in total. The van der Waals surface area contributed by atoms with Gasteiger partial charge in [0.05, 0.1) is 32.9 Å². The highest BCUT2D eigenvalue weighted by Crippen LogP contribution is 2.42. The lowest BCUT2D eigenvalue weighted by atomic mass is 9.85. The van der Waals surface area contributed by atoms with E-state index in [1.807, 2.05) is 23.4 Å². The minimum Gasteiger partial charge on any atom is -0.497 e. The van der Waals surface area contributed by atoms with Crippen LogP contribution in [0.3, 0.4) is 0 Å². The van der Waals surface area contributed by atoms with Gasteiger partial charge in [0.1, 0.15) is 11.5 Å². The van der Waals surface area contributed by atoms with Gasteiger partial charge in [-0.2, -0.15) is 0 Å². The van der Waals surface area contributed by atoms with E-state index in [9.17, 15) is 4.79 Å². The Kier molecular flexibility index (Phi) is 6.89. The molecule has 2 fully saturated rings. The molecule has 0 aliphatic carbocycles. The number of amides is 1. The zero-order chi connectivity index (χ0) is 22.7. The van der Waals surface area contributed by atoms with Crippen LogP contribution < -0.4 is 9.47 Å². The first-order chi connectivity index (χ1) is 15.5. The minimum absolute atomic E-state index is 0.0770. The van der Waals surface area contributed by atoms with E-state index in [1.165, 1.54) is 5.57 Å². The van der Waals surface area contributed by atoms with Crippen LogP contribution in [0.4, 0.5) is 0 Å². The maximum atomic E-state index is 13.5. The first-order valence-corrected chi connectivity index (χ1v) is 11.5. The summed E-state index contributed by atoms with van der Waals surface area (Å²) in [7, 11) is 4.91. The number of piperidine rings is 1. The average Bonchev–Trinajstić information content (AvgIpc) is 3.07. The van der Waals surface area contributed by atoms with Gasteiger partial charge in [0.2, 0.25) is 0 Å². The van der Waals surface area contributed by atoms with E-state index in [0.29, 0.717) is 35.1 Å². The Morgan fingerprint density at radius 1 is 1.09 bits per heavy atom. The summed E-state index contributed by atoms with van der Waals surface area (Å²) < 4.78 is 10.8. The van der Waals surface area contributed by atoms with Crippen molar-refractivity contribution in [2.75, 3.05) is 21.3 Å². The Balaban J connectivity index is 1.46. The zero-order valence-electron chi connectivity index (χ0n) is 19.5. The van der Waals surface area contributed by atoms with E-state index in [0.717, 1.165) is 32.1 Å². The van der Waals surface area contributed by atoms with E-state index < -0.39 is 0 Å². The Labute approximate surface area is 191 Å². The molecule has 1 aromatic carbocycles. The molecule has 6 heteroatoms. The van der Waals surface area contributed by atoms with E-state index in [4.69, 9.17) is 14.3 Å². The van der Waals surface area contributed by atoms with Gasteiger partial charge in [-0.25, -0.2) is 0 Å². The fraction of sp³-hybridized carbons (Fsp3) is 0.500. The van der Waals surface area contributed by atoms with Crippen LogP contribution in [0, 0.1) is 5.92 Å². The fourth-order valence-electron chi connectivity index (χ4n) is 5.38. The van der Waals surface area contributed by atoms with E-state index in [2.05, 4.69) is 36.1 Å². The van der Waals surface area contributed by atoms with Crippen molar-refractivity contribution in [1.29, 1.82) is 0 Å². The van der Waals surface area contributed by atoms with Crippen molar-refractivity contribution in [1.82, 2.24) is 9.96 Å². The quantitative estimate of drug-likeness (QED) is 0.642. The molecule has 0 saturated carbocycles. The number of rotatable bonds is 6. The number of carbonyl (C=O) groups is 1. The number of hydrogen-bond donors (Lipinski definition) is 0. The molecule has 3 unspecified atom stereocenters. The number of methoxy groups -OCH3 is 2. The van der Waals surface area contributed by atoms with Crippen LogP contribution >= 0.6 is 0 Å². The predicted octanol–water partition coefficient (Wildman–Crippen LogP) is 4.74. The summed E-state index contributed by atoms with van der Waals surface area (Å²) in [5.41, 5.74) is 1.92. The van der Waals surface area contributed by atoms with E-state index >= 15 is 0 Å². The van der Waals surface area contributed by atoms with Gasteiger partial charge in [0.25, 0.3) is 5.91 Å². The molecule has 2 saturated heterocycles. The number of carbonyl (C=O) groups excluding carboxylic acids is 1. The molecule has 2 bridgehead atoms. The summed E-state index contributed by atoms with van der Waals surface area (Å²) >= 11 is 0. The van der Waals surface area contributed by atoms with Crippen molar-refractivity contribution in [3.63, 3.8) is 0 Å². The summed E-state index contributed by atoms with van der Waals surface area (Å²) in [6, 6.07) is 6.23. The number of benzene rings is 1. The van der Waals surface area contributed by atoms with Crippen molar-refractivity contribution in [3.8, 4) is 11.5 Å². The van der Waals surface area contributed by atoms with Crippen LogP contribution in [-0.4, -0.2) is 55.3 Å². The molecule has 3 heterocycles. The van der Waals surface area contributed by atoms with Crippen molar-refractivity contribution < 1.29 is 19.1 Å². The second-order valence-corrected chi connectivity index (χ2v) is 8.93. The van der Waals surface area contributed by atoms with Gasteiger partial charge >= 0.3 is 0 Å². The lowest BCUT2D eigenvalue weighted by molar-refractivity contribution is -0.103. The normalized spacial score (nSPS) is 30.7. The molecule has 4 rings (SSSR count). The highest BCUT2D eigenvalue weighted by Gasteiger charge is 2.43. The van der Waals surface area contributed by atoms with E-state index in [-0.39, 0.29) is 11.9 Å². The zero-order valence-corrected chi connectivity index (χ0v) is 19.5. The average molecular weight is 439 g/mol. The highest BCUT2D eigenvalue weighted by molar-refractivity contribution is 5.97. The largest absolute Gasteiger partial charge is 0.497 e. The molecule has 3 aliphatic rings. The van der Waals surface area contributed by atoms with Crippen molar-refractivity contribution in [2.24, 2.45) is 5.92 Å². The van der Waals surface area contributed by atoms with Crippen molar-refractivity contribution in [2.45, 2.75) is 57.2 Å². The fourth-order valence-corrected chi connectivity index (χ4v) is 5.38. The predicted molar refractivity (Wildman–Crippen MR) is 125 cm³/mol. The molecular formula is C26H34N2O4. The van der Waals surface area contributed by atoms with Crippen LogP contribution in [0.5, 0.6) is 11.5 Å². The number of fused-ring (bicyclic) bond motifs is 2. The smallest absolute Gasteiger partial charge is 0.258 e. The highest BCUT2D eigenvalue weighted by atomic mass is 16.7. The molecule has 1 amide bonds. The Bertz CT molecular complexity index is 908. The molecule has 0 radical (unpaired) electrons. The maximum absolute atomic E-state index is 13.5. The monoisotopic (exact) mass is 438 g/mol. The lowest BCUT2D eigenvalue weighted by Crippen LogP contribution is -2.46. The third-order valence-corrected chi connectivity index (χ3v) is 6.98. The van der Waals surface area contributed by atoms with Crippen LogP contribution in [0.25, 0.3) is 0 Å². The molecule has 0 spiro atoms. The van der Waals surface area contributed by atoms with Crippen molar-refractivity contribution in [3.05, 3.63) is 59.8 Å². The Morgan fingerprint density at radius 3 is 2.50 bits per heavy atom. The number of nitrogens with zero attached hydrogens (tertiary/aromatic N) is 2. The molecule has 6 nitrogen and oxygen atoms in total. The number of allylic oxidation sites excluding steroid dienone is 4. The molecule has 32 heavy (non-hydrogen) atoms. The third kappa shape index (κ3) is 4.56. The van der Waals surface area contributed by atoms with Crippen molar-refractivity contribution >= 4 is 5.91 Å². The van der Waals surface area contributed by atoms with Gasteiger partial charge in [-0.3, -0.25) is 14.7 Å².